The highest BCUT2D eigenvalue weighted by Crippen LogP contribution is 2.35. The molecule has 0 saturated carbocycles. The fourth-order valence-corrected chi connectivity index (χ4v) is 3.18. The molecule has 0 radical (unpaired) electrons. The Balaban J connectivity index is 2.23. The molecule has 0 amide bonds. The van der Waals surface area contributed by atoms with Gasteiger partial charge in [-0.3, -0.25) is 0 Å². The zero-order chi connectivity index (χ0) is 11.5. The number of methoxy groups -OCH3 is 1. The van der Waals surface area contributed by atoms with Crippen molar-refractivity contribution in [2.24, 2.45) is 0 Å². The van der Waals surface area contributed by atoms with Crippen LogP contribution >= 0.6 is 38.9 Å². The number of halogens is 2. The Morgan fingerprint density at radius 2 is 1.88 bits per heavy atom. The molecule has 0 fully saturated rings. The van der Waals surface area contributed by atoms with Crippen molar-refractivity contribution in [1.82, 2.24) is 0 Å². The van der Waals surface area contributed by atoms with E-state index in [1.807, 2.05) is 36.4 Å². The largest absolute Gasteiger partial charge is 0.497 e. The Hall–Kier alpha value is -0.510. The van der Waals surface area contributed by atoms with Gasteiger partial charge in [0.15, 0.2) is 0 Å². The summed E-state index contributed by atoms with van der Waals surface area (Å²) in [5, 5.41) is -0.0952. The van der Waals surface area contributed by atoms with E-state index in [2.05, 4.69) is 15.9 Å². The van der Waals surface area contributed by atoms with Crippen molar-refractivity contribution in [2.45, 2.75) is 5.38 Å². The Morgan fingerprint density at radius 1 is 1.19 bits per heavy atom. The maximum Gasteiger partial charge on any atom is 0.118 e. The first-order valence-electron chi connectivity index (χ1n) is 4.74. The molecular formula is C12H10BrClOS. The fourth-order valence-electron chi connectivity index (χ4n) is 1.40. The third-order valence-corrected chi connectivity index (χ3v) is 4.56. The molecule has 2 rings (SSSR count). The average Bonchev–Trinajstić information content (AvgIpc) is 2.75. The summed E-state index contributed by atoms with van der Waals surface area (Å²) in [5.74, 6) is 0.847. The van der Waals surface area contributed by atoms with Gasteiger partial charge >= 0.3 is 0 Å². The number of alkyl halides is 1. The molecule has 0 spiro atoms. The standard InChI is InChI=1S/C12H10BrClOS/c1-15-9-4-2-8(3-5-9)12(14)10-6-7-11(13)16-10/h2-7,12H,1H3. The lowest BCUT2D eigenvalue weighted by Gasteiger charge is -2.08. The van der Waals surface area contributed by atoms with Crippen LogP contribution in [0.15, 0.2) is 40.2 Å². The molecule has 0 aliphatic carbocycles. The van der Waals surface area contributed by atoms with Gasteiger partial charge in [-0.05, 0) is 45.8 Å². The molecule has 0 saturated heterocycles. The second-order valence-corrected chi connectivity index (χ2v) is 6.21. The monoisotopic (exact) mass is 316 g/mol. The van der Waals surface area contributed by atoms with Gasteiger partial charge in [-0.15, -0.1) is 22.9 Å². The first kappa shape index (κ1) is 12.0. The van der Waals surface area contributed by atoms with Crippen LogP contribution in [-0.4, -0.2) is 7.11 Å². The van der Waals surface area contributed by atoms with Crippen molar-refractivity contribution in [3.8, 4) is 5.75 Å². The first-order valence-corrected chi connectivity index (χ1v) is 6.78. The van der Waals surface area contributed by atoms with E-state index in [-0.39, 0.29) is 5.38 Å². The molecule has 1 heterocycles. The lowest BCUT2D eigenvalue weighted by molar-refractivity contribution is 0.414. The molecule has 2 aromatic rings. The Labute approximate surface area is 112 Å². The van der Waals surface area contributed by atoms with Gasteiger partial charge in [0.1, 0.15) is 5.75 Å². The van der Waals surface area contributed by atoms with E-state index < -0.39 is 0 Å². The van der Waals surface area contributed by atoms with Crippen LogP contribution in [-0.2, 0) is 0 Å². The molecule has 1 aromatic carbocycles. The number of benzene rings is 1. The summed E-state index contributed by atoms with van der Waals surface area (Å²) in [5.41, 5.74) is 1.08. The van der Waals surface area contributed by atoms with E-state index in [9.17, 15) is 0 Å². The number of rotatable bonds is 3. The lowest BCUT2D eigenvalue weighted by atomic mass is 10.1. The summed E-state index contributed by atoms with van der Waals surface area (Å²) in [6.45, 7) is 0. The van der Waals surface area contributed by atoms with E-state index in [0.717, 1.165) is 20.0 Å². The minimum absolute atomic E-state index is 0.0952. The second kappa shape index (κ2) is 5.21. The average molecular weight is 318 g/mol. The van der Waals surface area contributed by atoms with Crippen LogP contribution in [0.3, 0.4) is 0 Å². The quantitative estimate of drug-likeness (QED) is 0.736. The van der Waals surface area contributed by atoms with Crippen LogP contribution in [0, 0.1) is 0 Å². The zero-order valence-electron chi connectivity index (χ0n) is 8.61. The van der Waals surface area contributed by atoms with Crippen molar-refractivity contribution in [2.75, 3.05) is 7.11 Å². The van der Waals surface area contributed by atoms with Crippen LogP contribution in [0.5, 0.6) is 5.75 Å². The minimum Gasteiger partial charge on any atom is -0.497 e. The molecule has 0 aliphatic rings. The topological polar surface area (TPSA) is 9.23 Å². The molecule has 0 aliphatic heterocycles. The highest BCUT2D eigenvalue weighted by molar-refractivity contribution is 9.11. The molecule has 4 heteroatoms. The Morgan fingerprint density at radius 3 is 2.38 bits per heavy atom. The van der Waals surface area contributed by atoms with Crippen molar-refractivity contribution in [3.63, 3.8) is 0 Å². The molecule has 16 heavy (non-hydrogen) atoms. The van der Waals surface area contributed by atoms with Crippen molar-refractivity contribution < 1.29 is 4.74 Å². The van der Waals surface area contributed by atoms with Crippen LogP contribution < -0.4 is 4.74 Å². The lowest BCUT2D eigenvalue weighted by Crippen LogP contribution is -1.90. The number of hydrogen-bond acceptors (Lipinski definition) is 2. The van der Waals surface area contributed by atoms with Crippen LogP contribution in [0.2, 0.25) is 0 Å². The van der Waals surface area contributed by atoms with Gasteiger partial charge in [0.25, 0.3) is 0 Å². The summed E-state index contributed by atoms with van der Waals surface area (Å²) in [6.07, 6.45) is 0. The summed E-state index contributed by atoms with van der Waals surface area (Å²) in [7, 11) is 1.66. The van der Waals surface area contributed by atoms with E-state index in [4.69, 9.17) is 16.3 Å². The summed E-state index contributed by atoms with van der Waals surface area (Å²) in [6, 6.07) is 11.9. The number of thiophene rings is 1. The smallest absolute Gasteiger partial charge is 0.118 e. The zero-order valence-corrected chi connectivity index (χ0v) is 11.8. The van der Waals surface area contributed by atoms with Crippen molar-refractivity contribution in [1.29, 1.82) is 0 Å². The highest BCUT2D eigenvalue weighted by atomic mass is 79.9. The third kappa shape index (κ3) is 2.59. The van der Waals surface area contributed by atoms with Gasteiger partial charge in [-0.1, -0.05) is 12.1 Å². The van der Waals surface area contributed by atoms with Gasteiger partial charge in [-0.25, -0.2) is 0 Å². The third-order valence-electron chi connectivity index (χ3n) is 2.25. The van der Waals surface area contributed by atoms with Crippen LogP contribution in [0.4, 0.5) is 0 Å². The van der Waals surface area contributed by atoms with Gasteiger partial charge < -0.3 is 4.74 Å². The predicted molar refractivity (Wildman–Crippen MR) is 72.7 cm³/mol. The Kier molecular flexibility index (Phi) is 3.90. The van der Waals surface area contributed by atoms with Gasteiger partial charge in [0.2, 0.25) is 0 Å². The number of ether oxygens (including phenoxy) is 1. The van der Waals surface area contributed by atoms with Gasteiger partial charge in [-0.2, -0.15) is 0 Å². The van der Waals surface area contributed by atoms with Gasteiger partial charge in [0.05, 0.1) is 16.3 Å². The van der Waals surface area contributed by atoms with E-state index >= 15 is 0 Å². The fraction of sp³-hybridized carbons (Fsp3) is 0.167. The second-order valence-electron chi connectivity index (χ2n) is 3.28. The highest BCUT2D eigenvalue weighted by Gasteiger charge is 2.12. The molecule has 84 valence electrons. The molecule has 0 bridgehead atoms. The van der Waals surface area contributed by atoms with E-state index in [0.29, 0.717) is 0 Å². The molecule has 1 aromatic heterocycles. The Bertz CT molecular complexity index is 466. The SMILES string of the molecule is COc1ccc(C(Cl)c2ccc(Br)s2)cc1. The van der Waals surface area contributed by atoms with E-state index in [1.165, 1.54) is 0 Å². The predicted octanol–water partition coefficient (Wildman–Crippen LogP) is 4.85. The van der Waals surface area contributed by atoms with Crippen LogP contribution in [0.1, 0.15) is 15.8 Å². The molecule has 0 N–H and O–H groups in total. The van der Waals surface area contributed by atoms with E-state index in [1.54, 1.807) is 18.4 Å². The van der Waals surface area contributed by atoms with Crippen molar-refractivity contribution >= 4 is 38.9 Å². The summed E-state index contributed by atoms with van der Waals surface area (Å²) >= 11 is 11.5. The number of hydrogen-bond donors (Lipinski definition) is 0. The molecular weight excluding hydrogens is 308 g/mol. The maximum atomic E-state index is 6.39. The molecule has 1 unspecified atom stereocenters. The minimum atomic E-state index is -0.0952. The summed E-state index contributed by atoms with van der Waals surface area (Å²) < 4.78 is 6.21. The first-order chi connectivity index (χ1) is 7.70. The normalized spacial score (nSPS) is 12.4. The van der Waals surface area contributed by atoms with Crippen molar-refractivity contribution in [3.05, 3.63) is 50.6 Å². The van der Waals surface area contributed by atoms with Crippen LogP contribution in [0.25, 0.3) is 0 Å². The molecule has 1 nitrogen and oxygen atoms in total. The summed E-state index contributed by atoms with van der Waals surface area (Å²) in [4.78, 5) is 1.14. The maximum absolute atomic E-state index is 6.39. The van der Waals surface area contributed by atoms with Gasteiger partial charge in [0, 0.05) is 4.88 Å². The molecule has 1 atom stereocenters.